The molecule has 0 bridgehead atoms. The molecule has 0 saturated carbocycles. The van der Waals surface area contributed by atoms with Crippen molar-refractivity contribution in [2.75, 3.05) is 25.5 Å². The van der Waals surface area contributed by atoms with Crippen molar-refractivity contribution < 1.29 is 9.84 Å². The molecule has 1 unspecified atom stereocenters. The van der Waals surface area contributed by atoms with Gasteiger partial charge in [0.05, 0.1) is 7.11 Å². The molecule has 0 spiro atoms. The highest BCUT2D eigenvalue weighted by molar-refractivity contribution is 6.30. The van der Waals surface area contributed by atoms with Crippen LogP contribution in [0.1, 0.15) is 18.4 Å². The van der Waals surface area contributed by atoms with Crippen molar-refractivity contribution in [1.82, 2.24) is 4.90 Å². The monoisotopic (exact) mass is 346 g/mol. The van der Waals surface area contributed by atoms with Gasteiger partial charge in [-0.2, -0.15) is 0 Å². The van der Waals surface area contributed by atoms with E-state index in [0.29, 0.717) is 23.4 Å². The third-order valence-electron chi connectivity index (χ3n) is 4.40. The van der Waals surface area contributed by atoms with Gasteiger partial charge in [0.25, 0.3) is 0 Å². The molecule has 1 saturated heterocycles. The SMILES string of the molecule is COc1ccc(NC2CCCN(Cc3cc(Cl)ccc3O)C2)cc1. The number of ether oxygens (including phenoxy) is 1. The molecule has 1 aliphatic rings. The molecule has 128 valence electrons. The van der Waals surface area contributed by atoms with Gasteiger partial charge in [0.15, 0.2) is 0 Å². The summed E-state index contributed by atoms with van der Waals surface area (Å²) in [6, 6.07) is 13.6. The minimum atomic E-state index is 0.310. The minimum absolute atomic E-state index is 0.310. The van der Waals surface area contributed by atoms with Crippen LogP contribution in [0.25, 0.3) is 0 Å². The van der Waals surface area contributed by atoms with Gasteiger partial charge in [-0.15, -0.1) is 0 Å². The summed E-state index contributed by atoms with van der Waals surface area (Å²) in [4.78, 5) is 2.36. The maximum Gasteiger partial charge on any atom is 0.120 e. The third-order valence-corrected chi connectivity index (χ3v) is 4.64. The Hall–Kier alpha value is -1.91. The summed E-state index contributed by atoms with van der Waals surface area (Å²) in [6.07, 6.45) is 2.28. The lowest BCUT2D eigenvalue weighted by molar-refractivity contribution is 0.206. The van der Waals surface area contributed by atoms with E-state index >= 15 is 0 Å². The summed E-state index contributed by atoms with van der Waals surface area (Å²) in [6.45, 7) is 2.69. The normalized spacial score (nSPS) is 18.3. The highest BCUT2D eigenvalue weighted by atomic mass is 35.5. The molecular formula is C19H23ClN2O2. The Labute approximate surface area is 148 Å². The third kappa shape index (κ3) is 4.34. The Balaban J connectivity index is 1.60. The van der Waals surface area contributed by atoms with Gasteiger partial charge in [-0.25, -0.2) is 0 Å². The number of aromatic hydroxyl groups is 1. The topological polar surface area (TPSA) is 44.7 Å². The Bertz CT molecular complexity index is 676. The zero-order valence-corrected chi connectivity index (χ0v) is 14.6. The fourth-order valence-corrected chi connectivity index (χ4v) is 3.36. The number of benzene rings is 2. The minimum Gasteiger partial charge on any atom is -0.508 e. The van der Waals surface area contributed by atoms with Gasteiger partial charge in [0.2, 0.25) is 0 Å². The zero-order valence-electron chi connectivity index (χ0n) is 13.8. The van der Waals surface area contributed by atoms with Gasteiger partial charge in [-0.05, 0) is 61.9 Å². The fourth-order valence-electron chi connectivity index (χ4n) is 3.16. The molecule has 0 aromatic heterocycles. The molecule has 1 atom stereocenters. The number of nitrogens with zero attached hydrogens (tertiary/aromatic N) is 1. The van der Waals surface area contributed by atoms with E-state index in [4.69, 9.17) is 16.3 Å². The van der Waals surface area contributed by atoms with E-state index in [1.807, 2.05) is 30.3 Å². The Kier molecular flexibility index (Phi) is 5.48. The lowest BCUT2D eigenvalue weighted by Gasteiger charge is -2.33. The Morgan fingerprint density at radius 3 is 2.79 bits per heavy atom. The van der Waals surface area contributed by atoms with E-state index in [1.165, 1.54) is 0 Å². The maximum absolute atomic E-state index is 10.0. The molecule has 0 radical (unpaired) electrons. The van der Waals surface area contributed by atoms with Crippen molar-refractivity contribution >= 4 is 17.3 Å². The molecule has 1 aliphatic heterocycles. The molecular weight excluding hydrogens is 324 g/mol. The standard InChI is InChI=1S/C19H23ClN2O2/c1-24-18-7-5-16(6-8-18)21-17-3-2-10-22(13-17)12-14-11-15(20)4-9-19(14)23/h4-9,11,17,21,23H,2-3,10,12-13H2,1H3. The number of hydrogen-bond donors (Lipinski definition) is 2. The molecule has 2 N–H and O–H groups in total. The quantitative estimate of drug-likeness (QED) is 0.854. The smallest absolute Gasteiger partial charge is 0.120 e. The van der Waals surface area contributed by atoms with Crippen molar-refractivity contribution in [2.24, 2.45) is 0 Å². The van der Waals surface area contributed by atoms with Gasteiger partial charge in [-0.1, -0.05) is 11.6 Å². The van der Waals surface area contributed by atoms with Gasteiger partial charge in [0, 0.05) is 35.4 Å². The van der Waals surface area contributed by atoms with Crippen molar-refractivity contribution in [3.63, 3.8) is 0 Å². The Morgan fingerprint density at radius 1 is 1.25 bits per heavy atom. The van der Waals surface area contributed by atoms with Gasteiger partial charge >= 0.3 is 0 Å². The summed E-state index contributed by atoms with van der Waals surface area (Å²) in [5.74, 6) is 1.17. The molecule has 2 aromatic carbocycles. The Morgan fingerprint density at radius 2 is 2.04 bits per heavy atom. The molecule has 1 fully saturated rings. The largest absolute Gasteiger partial charge is 0.508 e. The van der Waals surface area contributed by atoms with E-state index in [1.54, 1.807) is 19.2 Å². The summed E-state index contributed by atoms with van der Waals surface area (Å²) < 4.78 is 5.19. The van der Waals surface area contributed by atoms with Crippen LogP contribution in [-0.4, -0.2) is 36.2 Å². The van der Waals surface area contributed by atoms with E-state index in [0.717, 1.165) is 42.9 Å². The molecule has 0 amide bonds. The number of likely N-dealkylation sites (tertiary alicyclic amines) is 1. The van der Waals surface area contributed by atoms with Crippen molar-refractivity contribution in [2.45, 2.75) is 25.4 Å². The van der Waals surface area contributed by atoms with Crippen LogP contribution in [0.3, 0.4) is 0 Å². The van der Waals surface area contributed by atoms with Crippen LogP contribution in [0.5, 0.6) is 11.5 Å². The molecule has 4 nitrogen and oxygen atoms in total. The number of hydrogen-bond acceptors (Lipinski definition) is 4. The number of halogens is 1. The van der Waals surface area contributed by atoms with Crippen molar-refractivity contribution in [3.8, 4) is 11.5 Å². The van der Waals surface area contributed by atoms with E-state index in [9.17, 15) is 5.11 Å². The first-order valence-corrected chi connectivity index (χ1v) is 8.62. The summed E-state index contributed by atoms with van der Waals surface area (Å²) in [7, 11) is 1.67. The maximum atomic E-state index is 10.0. The van der Waals surface area contributed by atoms with Crippen LogP contribution in [0.4, 0.5) is 5.69 Å². The predicted molar refractivity (Wildman–Crippen MR) is 98.0 cm³/mol. The zero-order chi connectivity index (χ0) is 16.9. The summed E-state index contributed by atoms with van der Waals surface area (Å²) >= 11 is 6.04. The number of methoxy groups -OCH3 is 1. The first kappa shape index (κ1) is 16.9. The van der Waals surface area contributed by atoms with Crippen LogP contribution in [0, 0.1) is 0 Å². The van der Waals surface area contributed by atoms with E-state index in [-0.39, 0.29) is 0 Å². The first-order valence-electron chi connectivity index (χ1n) is 8.24. The predicted octanol–water partition coefficient (Wildman–Crippen LogP) is 4.13. The average molecular weight is 347 g/mol. The van der Waals surface area contributed by atoms with E-state index in [2.05, 4.69) is 10.2 Å². The van der Waals surface area contributed by atoms with Crippen LogP contribution in [0.15, 0.2) is 42.5 Å². The molecule has 3 rings (SSSR count). The van der Waals surface area contributed by atoms with Gasteiger partial charge < -0.3 is 15.2 Å². The summed E-state index contributed by atoms with van der Waals surface area (Å²) in [5.41, 5.74) is 1.99. The van der Waals surface area contributed by atoms with Crippen LogP contribution in [-0.2, 0) is 6.54 Å². The highest BCUT2D eigenvalue weighted by Crippen LogP contribution is 2.25. The number of phenolic OH excluding ortho intramolecular Hbond substituents is 1. The van der Waals surface area contributed by atoms with E-state index < -0.39 is 0 Å². The van der Waals surface area contributed by atoms with Gasteiger partial charge in [-0.3, -0.25) is 4.90 Å². The number of anilines is 1. The fraction of sp³-hybridized carbons (Fsp3) is 0.368. The lowest BCUT2D eigenvalue weighted by Crippen LogP contribution is -2.41. The summed E-state index contributed by atoms with van der Waals surface area (Å²) in [5, 5.41) is 14.3. The average Bonchev–Trinajstić information content (AvgIpc) is 2.59. The second kappa shape index (κ2) is 7.77. The molecule has 0 aliphatic carbocycles. The second-order valence-corrected chi connectivity index (χ2v) is 6.66. The second-order valence-electron chi connectivity index (χ2n) is 6.22. The first-order chi connectivity index (χ1) is 11.6. The van der Waals surface area contributed by atoms with Crippen LogP contribution in [0.2, 0.25) is 5.02 Å². The van der Waals surface area contributed by atoms with Crippen LogP contribution < -0.4 is 10.1 Å². The number of nitrogens with one attached hydrogen (secondary N) is 1. The molecule has 24 heavy (non-hydrogen) atoms. The van der Waals surface area contributed by atoms with Crippen molar-refractivity contribution in [3.05, 3.63) is 53.1 Å². The van der Waals surface area contributed by atoms with Gasteiger partial charge in [0.1, 0.15) is 11.5 Å². The lowest BCUT2D eigenvalue weighted by atomic mass is 10.0. The number of rotatable bonds is 5. The number of phenols is 1. The van der Waals surface area contributed by atoms with Crippen LogP contribution >= 0.6 is 11.6 Å². The number of piperidine rings is 1. The molecule has 5 heteroatoms. The highest BCUT2D eigenvalue weighted by Gasteiger charge is 2.20. The molecule has 1 heterocycles. The molecule has 2 aromatic rings. The van der Waals surface area contributed by atoms with Crippen molar-refractivity contribution in [1.29, 1.82) is 0 Å².